The third-order valence-electron chi connectivity index (χ3n) is 6.41. The van der Waals surface area contributed by atoms with Crippen molar-refractivity contribution in [1.82, 2.24) is 19.4 Å². The molecule has 3 aromatic rings. The van der Waals surface area contributed by atoms with Crippen molar-refractivity contribution >= 4 is 27.5 Å². The number of rotatable bonds is 2. The summed E-state index contributed by atoms with van der Waals surface area (Å²) in [5.41, 5.74) is 3.67. The molecule has 1 amide bonds. The van der Waals surface area contributed by atoms with Crippen LogP contribution in [0.4, 0.5) is 0 Å². The Kier molecular flexibility index (Phi) is 4.46. The van der Waals surface area contributed by atoms with Gasteiger partial charge >= 0.3 is 0 Å². The number of carbonyl (C=O) groups excluding carboxylic acids is 1. The summed E-state index contributed by atoms with van der Waals surface area (Å²) >= 11 is 1.54. The molecule has 0 atom stereocenters. The second-order valence-electron chi connectivity index (χ2n) is 8.15. The molecule has 6 heteroatoms. The van der Waals surface area contributed by atoms with Crippen molar-refractivity contribution in [2.24, 2.45) is 0 Å². The molecule has 0 radical (unpaired) electrons. The molecule has 0 aromatic carbocycles. The first kappa shape index (κ1) is 17.9. The lowest BCUT2D eigenvalue weighted by atomic mass is 9.95. The fourth-order valence-corrected chi connectivity index (χ4v) is 6.02. The third-order valence-corrected chi connectivity index (χ3v) is 7.60. The highest BCUT2D eigenvalue weighted by Crippen LogP contribution is 2.34. The van der Waals surface area contributed by atoms with E-state index in [1.807, 2.05) is 17.2 Å². The zero-order valence-corrected chi connectivity index (χ0v) is 17.4. The van der Waals surface area contributed by atoms with Crippen LogP contribution in [0, 0.1) is 13.8 Å². The largest absolute Gasteiger partial charge is 0.338 e. The summed E-state index contributed by atoms with van der Waals surface area (Å²) in [6.07, 6.45) is 9.60. The lowest BCUT2D eigenvalue weighted by molar-refractivity contribution is 0.0714. The number of aryl methyl sites for hydroxylation is 3. The number of pyridine rings is 1. The van der Waals surface area contributed by atoms with Gasteiger partial charge in [0.2, 0.25) is 0 Å². The Morgan fingerprint density at radius 1 is 1.14 bits per heavy atom. The number of thiophene rings is 1. The number of carbonyl (C=O) groups is 1. The van der Waals surface area contributed by atoms with Gasteiger partial charge in [-0.2, -0.15) is 0 Å². The van der Waals surface area contributed by atoms with Gasteiger partial charge in [-0.15, -0.1) is 11.3 Å². The Morgan fingerprint density at radius 2 is 1.96 bits per heavy atom. The molecule has 1 fully saturated rings. The number of fused-ring (bicyclic) bond motifs is 2. The van der Waals surface area contributed by atoms with E-state index in [2.05, 4.69) is 29.6 Å². The third kappa shape index (κ3) is 2.85. The van der Waals surface area contributed by atoms with Gasteiger partial charge in [0.05, 0.1) is 4.88 Å². The molecule has 0 spiro atoms. The maximum absolute atomic E-state index is 13.2. The topological polar surface area (TPSA) is 51.0 Å². The fraction of sp³-hybridized carbons (Fsp3) is 0.500. The fourth-order valence-electron chi connectivity index (χ4n) is 4.83. The lowest BCUT2D eigenvalue weighted by Gasteiger charge is -2.32. The maximum atomic E-state index is 13.2. The Balaban J connectivity index is 1.33. The Labute approximate surface area is 169 Å². The normalized spacial score (nSPS) is 17.9. The second-order valence-corrected chi connectivity index (χ2v) is 9.15. The molecule has 5 rings (SSSR count). The van der Waals surface area contributed by atoms with Crippen LogP contribution in [0.1, 0.15) is 63.9 Å². The highest BCUT2D eigenvalue weighted by Gasteiger charge is 2.30. The van der Waals surface area contributed by atoms with E-state index in [-0.39, 0.29) is 5.91 Å². The number of hydrogen-bond donors (Lipinski definition) is 0. The lowest BCUT2D eigenvalue weighted by Crippen LogP contribution is -2.38. The molecule has 28 heavy (non-hydrogen) atoms. The van der Waals surface area contributed by atoms with Gasteiger partial charge in [-0.25, -0.2) is 9.97 Å². The minimum atomic E-state index is 0.170. The van der Waals surface area contributed by atoms with Crippen LogP contribution in [-0.2, 0) is 13.0 Å². The molecule has 1 saturated heterocycles. The molecule has 2 aliphatic heterocycles. The quantitative estimate of drug-likeness (QED) is 0.644. The molecule has 0 aliphatic carbocycles. The van der Waals surface area contributed by atoms with Crippen molar-refractivity contribution in [2.75, 3.05) is 13.1 Å². The predicted octanol–water partition coefficient (Wildman–Crippen LogP) is 4.47. The van der Waals surface area contributed by atoms with E-state index in [0.717, 1.165) is 59.6 Å². The smallest absolute Gasteiger partial charge is 0.264 e. The van der Waals surface area contributed by atoms with Gasteiger partial charge < -0.3 is 9.47 Å². The zero-order valence-electron chi connectivity index (χ0n) is 16.6. The first-order valence-electron chi connectivity index (χ1n) is 10.3. The zero-order chi connectivity index (χ0) is 19.3. The molecule has 0 saturated carbocycles. The van der Waals surface area contributed by atoms with Crippen molar-refractivity contribution in [3.05, 3.63) is 46.0 Å². The van der Waals surface area contributed by atoms with Gasteiger partial charge in [0.15, 0.2) is 0 Å². The average molecular weight is 395 g/mol. The number of amides is 1. The van der Waals surface area contributed by atoms with Gasteiger partial charge in [-0.3, -0.25) is 4.79 Å². The minimum absolute atomic E-state index is 0.170. The van der Waals surface area contributed by atoms with Crippen LogP contribution >= 0.6 is 11.3 Å². The van der Waals surface area contributed by atoms with Crippen molar-refractivity contribution in [2.45, 2.75) is 58.4 Å². The summed E-state index contributed by atoms with van der Waals surface area (Å²) in [5.74, 6) is 1.89. The Bertz CT molecular complexity index is 1040. The molecular formula is C22H26N4OS. The van der Waals surface area contributed by atoms with Crippen LogP contribution < -0.4 is 0 Å². The summed E-state index contributed by atoms with van der Waals surface area (Å²) in [4.78, 5) is 26.3. The highest BCUT2D eigenvalue weighted by molar-refractivity contribution is 7.20. The van der Waals surface area contributed by atoms with E-state index >= 15 is 0 Å². The molecule has 3 aromatic heterocycles. The van der Waals surface area contributed by atoms with Crippen LogP contribution in [0.15, 0.2) is 18.5 Å². The number of nitrogens with zero attached hydrogens (tertiary/aromatic N) is 4. The molecular weight excluding hydrogens is 368 g/mol. The van der Waals surface area contributed by atoms with E-state index < -0.39 is 0 Å². The van der Waals surface area contributed by atoms with Crippen LogP contribution in [0.25, 0.3) is 10.2 Å². The summed E-state index contributed by atoms with van der Waals surface area (Å²) in [5, 5.41) is 1.15. The molecule has 0 bridgehead atoms. The van der Waals surface area contributed by atoms with Crippen LogP contribution in [-0.4, -0.2) is 38.4 Å². The summed E-state index contributed by atoms with van der Waals surface area (Å²) in [6.45, 7) is 6.88. The molecule has 2 aliphatic rings. The second kappa shape index (κ2) is 6.99. The number of imidazole rings is 1. The van der Waals surface area contributed by atoms with E-state index in [9.17, 15) is 4.79 Å². The molecule has 0 N–H and O–H groups in total. The van der Waals surface area contributed by atoms with E-state index in [4.69, 9.17) is 4.98 Å². The predicted molar refractivity (Wildman–Crippen MR) is 112 cm³/mol. The van der Waals surface area contributed by atoms with Gasteiger partial charge in [-0.1, -0.05) is 0 Å². The summed E-state index contributed by atoms with van der Waals surface area (Å²) in [7, 11) is 0. The van der Waals surface area contributed by atoms with E-state index in [1.165, 1.54) is 41.3 Å². The average Bonchev–Trinajstić information content (AvgIpc) is 3.30. The van der Waals surface area contributed by atoms with Gasteiger partial charge in [-0.05, 0) is 63.1 Å². The van der Waals surface area contributed by atoms with Crippen molar-refractivity contribution in [1.29, 1.82) is 0 Å². The highest BCUT2D eigenvalue weighted by atomic mass is 32.1. The van der Waals surface area contributed by atoms with Gasteiger partial charge in [0.1, 0.15) is 10.7 Å². The number of piperidine rings is 1. The summed E-state index contributed by atoms with van der Waals surface area (Å²) < 4.78 is 2.44. The van der Waals surface area contributed by atoms with Crippen molar-refractivity contribution < 1.29 is 4.79 Å². The Hall–Kier alpha value is -2.21. The van der Waals surface area contributed by atoms with Gasteiger partial charge in [0.25, 0.3) is 5.91 Å². The summed E-state index contributed by atoms with van der Waals surface area (Å²) in [6, 6.07) is 2.02. The van der Waals surface area contributed by atoms with Crippen molar-refractivity contribution in [3.63, 3.8) is 0 Å². The SMILES string of the molecule is Cc1ccnc2sc(C(=O)N3CCC(c4ncc5n4CCCC5)CC3)c(C)c12. The van der Waals surface area contributed by atoms with E-state index in [0.29, 0.717) is 5.92 Å². The van der Waals surface area contributed by atoms with Crippen LogP contribution in [0.2, 0.25) is 0 Å². The Morgan fingerprint density at radius 3 is 2.75 bits per heavy atom. The molecule has 5 heterocycles. The van der Waals surface area contributed by atoms with Crippen LogP contribution in [0.5, 0.6) is 0 Å². The molecule has 0 unspecified atom stereocenters. The first-order valence-corrected chi connectivity index (χ1v) is 11.1. The van der Waals surface area contributed by atoms with Crippen molar-refractivity contribution in [3.8, 4) is 0 Å². The number of aromatic nitrogens is 3. The van der Waals surface area contributed by atoms with Crippen LogP contribution in [0.3, 0.4) is 0 Å². The van der Waals surface area contributed by atoms with Gasteiger partial charge in [0, 0.05) is 49.0 Å². The standard InChI is InChI=1S/C22H26N4OS/c1-14-6-9-23-21-18(14)15(2)19(28-21)22(27)25-11-7-16(8-12-25)20-24-13-17-5-3-4-10-26(17)20/h6,9,13,16H,3-5,7-8,10-12H2,1-2H3. The monoisotopic (exact) mass is 394 g/mol. The number of hydrogen-bond acceptors (Lipinski definition) is 4. The maximum Gasteiger partial charge on any atom is 0.264 e. The van der Waals surface area contributed by atoms with E-state index in [1.54, 1.807) is 0 Å². The molecule has 5 nitrogen and oxygen atoms in total. The minimum Gasteiger partial charge on any atom is -0.338 e. The molecule has 146 valence electrons. The first-order chi connectivity index (χ1) is 13.6. The number of likely N-dealkylation sites (tertiary alicyclic amines) is 1.